The highest BCUT2D eigenvalue weighted by Crippen LogP contribution is 2.26. The molecule has 0 spiro atoms. The summed E-state index contributed by atoms with van der Waals surface area (Å²) in [4.78, 5) is 2.64. The number of rotatable bonds is 7. The lowest BCUT2D eigenvalue weighted by Crippen LogP contribution is -2.57. The first-order chi connectivity index (χ1) is 9.95. The molecule has 0 aromatic carbocycles. The zero-order valence-electron chi connectivity index (χ0n) is 14.4. The van der Waals surface area contributed by atoms with Crippen LogP contribution in [0.4, 0.5) is 0 Å². The zero-order chi connectivity index (χ0) is 15.5. The number of likely N-dealkylation sites (N-methyl/N-ethyl adjacent to an activating group) is 1. The quantitative estimate of drug-likeness (QED) is 0.839. The zero-order valence-corrected chi connectivity index (χ0v) is 14.4. The Balaban J connectivity index is 2.09. The normalized spacial score (nSPS) is 18.6. The van der Waals surface area contributed by atoms with Crippen molar-refractivity contribution in [2.24, 2.45) is 0 Å². The first-order valence-electron chi connectivity index (χ1n) is 8.47. The van der Waals surface area contributed by atoms with Gasteiger partial charge in [-0.25, -0.2) is 0 Å². The van der Waals surface area contributed by atoms with Gasteiger partial charge in [0.25, 0.3) is 0 Å². The van der Waals surface area contributed by atoms with E-state index in [1.807, 2.05) is 0 Å². The number of nitrogens with one attached hydrogen (secondary N) is 1. The van der Waals surface area contributed by atoms with E-state index in [9.17, 15) is 0 Å². The summed E-state index contributed by atoms with van der Waals surface area (Å²) in [7, 11) is 0. The van der Waals surface area contributed by atoms with Crippen molar-refractivity contribution in [3.63, 3.8) is 0 Å². The van der Waals surface area contributed by atoms with Crippen molar-refractivity contribution in [3.05, 3.63) is 18.0 Å². The van der Waals surface area contributed by atoms with Crippen molar-refractivity contribution in [2.45, 2.75) is 71.5 Å². The maximum absolute atomic E-state index is 4.73. The Labute approximate surface area is 129 Å². The topological polar surface area (TPSA) is 33.1 Å². The van der Waals surface area contributed by atoms with Crippen LogP contribution in [0.2, 0.25) is 0 Å². The molecule has 0 saturated carbocycles. The van der Waals surface area contributed by atoms with Gasteiger partial charge in [0.05, 0.1) is 5.69 Å². The molecule has 1 unspecified atom stereocenters. The van der Waals surface area contributed by atoms with Crippen LogP contribution in [-0.2, 0) is 6.42 Å². The number of aromatic nitrogens is 2. The van der Waals surface area contributed by atoms with Gasteiger partial charge in [-0.2, -0.15) is 5.10 Å². The number of likely N-dealkylation sites (tertiary alicyclic amines) is 1. The summed E-state index contributed by atoms with van der Waals surface area (Å²) in [6.07, 6.45) is 5.78. The molecule has 4 nitrogen and oxygen atoms in total. The van der Waals surface area contributed by atoms with Crippen molar-refractivity contribution < 1.29 is 0 Å². The maximum Gasteiger partial charge on any atom is 0.0640 e. The van der Waals surface area contributed by atoms with Crippen molar-refractivity contribution in [2.75, 3.05) is 19.6 Å². The van der Waals surface area contributed by atoms with Gasteiger partial charge in [-0.05, 0) is 66.2 Å². The minimum absolute atomic E-state index is 0.175. The monoisotopic (exact) mass is 292 g/mol. The van der Waals surface area contributed by atoms with Gasteiger partial charge in [0.2, 0.25) is 0 Å². The summed E-state index contributed by atoms with van der Waals surface area (Å²) < 4.78 is 2.06. The molecule has 1 aliphatic heterocycles. The Bertz CT molecular complexity index is 430. The van der Waals surface area contributed by atoms with Crippen LogP contribution in [0.5, 0.6) is 0 Å². The number of nitrogens with zero attached hydrogens (tertiary/aromatic N) is 3. The fourth-order valence-corrected chi connectivity index (χ4v) is 3.31. The van der Waals surface area contributed by atoms with E-state index in [1.54, 1.807) is 0 Å². The van der Waals surface area contributed by atoms with Gasteiger partial charge in [-0.1, -0.05) is 6.92 Å². The van der Waals surface area contributed by atoms with Crippen LogP contribution >= 0.6 is 0 Å². The predicted molar refractivity (Wildman–Crippen MR) is 88.7 cm³/mol. The average molecular weight is 292 g/mol. The van der Waals surface area contributed by atoms with Crippen molar-refractivity contribution >= 4 is 0 Å². The van der Waals surface area contributed by atoms with E-state index in [4.69, 9.17) is 5.10 Å². The fourth-order valence-electron chi connectivity index (χ4n) is 3.31. The first-order valence-corrected chi connectivity index (χ1v) is 8.47. The van der Waals surface area contributed by atoms with Gasteiger partial charge in [0.1, 0.15) is 0 Å². The van der Waals surface area contributed by atoms with E-state index in [0.29, 0.717) is 12.1 Å². The van der Waals surface area contributed by atoms with Crippen LogP contribution in [0.3, 0.4) is 0 Å². The summed E-state index contributed by atoms with van der Waals surface area (Å²) in [5.41, 5.74) is 1.37. The second-order valence-corrected chi connectivity index (χ2v) is 7.04. The highest BCUT2D eigenvalue weighted by atomic mass is 15.3. The first kappa shape index (κ1) is 16.5. The Hall–Kier alpha value is -0.870. The van der Waals surface area contributed by atoms with Gasteiger partial charge in [-0.15, -0.1) is 0 Å². The molecule has 21 heavy (non-hydrogen) atoms. The average Bonchev–Trinajstić information content (AvgIpc) is 3.09. The van der Waals surface area contributed by atoms with Crippen LogP contribution in [0.25, 0.3) is 0 Å². The van der Waals surface area contributed by atoms with Crippen LogP contribution in [0, 0.1) is 0 Å². The Morgan fingerprint density at radius 1 is 1.29 bits per heavy atom. The van der Waals surface area contributed by atoms with E-state index in [1.165, 1.54) is 31.6 Å². The molecule has 1 atom stereocenters. The van der Waals surface area contributed by atoms with Gasteiger partial charge in [0.15, 0.2) is 0 Å². The van der Waals surface area contributed by atoms with Gasteiger partial charge in [-0.3, -0.25) is 9.58 Å². The number of hydrogen-bond donors (Lipinski definition) is 1. The summed E-state index contributed by atoms with van der Waals surface area (Å²) >= 11 is 0. The van der Waals surface area contributed by atoms with E-state index in [2.05, 4.69) is 61.8 Å². The molecule has 4 heteroatoms. The van der Waals surface area contributed by atoms with E-state index >= 15 is 0 Å². The second kappa shape index (κ2) is 6.93. The third kappa shape index (κ3) is 3.86. The lowest BCUT2D eigenvalue weighted by Gasteiger charge is -2.42. The molecule has 120 valence electrons. The molecule has 2 rings (SSSR count). The van der Waals surface area contributed by atoms with E-state index < -0.39 is 0 Å². The molecule has 1 N–H and O–H groups in total. The van der Waals surface area contributed by atoms with Crippen molar-refractivity contribution in [3.8, 4) is 0 Å². The molecular formula is C17H32N4. The largest absolute Gasteiger partial charge is 0.312 e. The Morgan fingerprint density at radius 2 is 1.95 bits per heavy atom. The van der Waals surface area contributed by atoms with Gasteiger partial charge >= 0.3 is 0 Å². The standard InChI is InChI=1S/C17H32N4/c1-6-18-16(17(4,5)20-10-7-8-11-20)13-15-9-12-21(19-15)14(2)3/h9,12,14,16,18H,6-8,10-11,13H2,1-5H3. The molecule has 0 aliphatic carbocycles. The lowest BCUT2D eigenvalue weighted by molar-refractivity contribution is 0.107. The summed E-state index contributed by atoms with van der Waals surface area (Å²) in [5, 5.41) is 8.43. The van der Waals surface area contributed by atoms with Crippen LogP contribution in [-0.4, -0.2) is 45.9 Å². The molecule has 0 amide bonds. The maximum atomic E-state index is 4.73. The van der Waals surface area contributed by atoms with Gasteiger partial charge in [0, 0.05) is 30.2 Å². The van der Waals surface area contributed by atoms with E-state index in [0.717, 1.165) is 13.0 Å². The second-order valence-electron chi connectivity index (χ2n) is 7.04. The SMILES string of the molecule is CCNC(Cc1ccn(C(C)C)n1)C(C)(C)N1CCCC1. The molecule has 0 bridgehead atoms. The van der Waals surface area contributed by atoms with Crippen molar-refractivity contribution in [1.29, 1.82) is 0 Å². The predicted octanol–water partition coefficient (Wildman–Crippen LogP) is 2.86. The highest BCUT2D eigenvalue weighted by molar-refractivity contribution is 5.07. The lowest BCUT2D eigenvalue weighted by atomic mass is 9.89. The Kier molecular flexibility index (Phi) is 5.44. The summed E-state index contributed by atoms with van der Waals surface area (Å²) in [6.45, 7) is 14.8. The number of hydrogen-bond acceptors (Lipinski definition) is 3. The van der Waals surface area contributed by atoms with E-state index in [-0.39, 0.29) is 5.54 Å². The third-order valence-electron chi connectivity index (χ3n) is 4.83. The molecule has 0 radical (unpaired) electrons. The molecule has 1 aliphatic rings. The minimum atomic E-state index is 0.175. The van der Waals surface area contributed by atoms with Crippen LogP contribution < -0.4 is 5.32 Å². The molecule has 1 fully saturated rings. The highest BCUT2D eigenvalue weighted by Gasteiger charge is 2.36. The summed E-state index contributed by atoms with van der Waals surface area (Å²) in [6, 6.07) is 3.05. The van der Waals surface area contributed by atoms with Gasteiger partial charge < -0.3 is 5.32 Å². The molecule has 1 saturated heterocycles. The Morgan fingerprint density at radius 3 is 2.48 bits per heavy atom. The van der Waals surface area contributed by atoms with Crippen LogP contribution in [0.15, 0.2) is 12.3 Å². The smallest absolute Gasteiger partial charge is 0.0640 e. The van der Waals surface area contributed by atoms with Crippen LogP contribution in [0.1, 0.15) is 59.2 Å². The summed E-state index contributed by atoms with van der Waals surface area (Å²) in [5.74, 6) is 0. The fraction of sp³-hybridized carbons (Fsp3) is 0.824. The molecular weight excluding hydrogens is 260 g/mol. The molecule has 1 aromatic rings. The minimum Gasteiger partial charge on any atom is -0.312 e. The van der Waals surface area contributed by atoms with Crippen molar-refractivity contribution in [1.82, 2.24) is 20.0 Å². The third-order valence-corrected chi connectivity index (χ3v) is 4.83. The molecule has 1 aromatic heterocycles. The molecule has 2 heterocycles.